The first-order valence-electron chi connectivity index (χ1n) is 6.91. The van der Waals surface area contributed by atoms with Crippen LogP contribution < -0.4 is 5.32 Å². The summed E-state index contributed by atoms with van der Waals surface area (Å²) in [6.45, 7) is 11.2. The van der Waals surface area contributed by atoms with Crippen LogP contribution in [0.2, 0.25) is 5.02 Å². The second-order valence-corrected chi connectivity index (χ2v) is 6.42. The van der Waals surface area contributed by atoms with Gasteiger partial charge in [-0.05, 0) is 49.3 Å². The normalized spacial score (nSPS) is 11.6. The first-order valence-corrected chi connectivity index (χ1v) is 7.29. The highest BCUT2D eigenvalue weighted by molar-refractivity contribution is 6.31. The van der Waals surface area contributed by atoms with Gasteiger partial charge in [-0.3, -0.25) is 0 Å². The van der Waals surface area contributed by atoms with Crippen LogP contribution in [-0.4, -0.2) is 6.04 Å². The van der Waals surface area contributed by atoms with E-state index in [2.05, 4.69) is 46.0 Å². The van der Waals surface area contributed by atoms with Crippen molar-refractivity contribution in [2.45, 2.75) is 53.5 Å². The van der Waals surface area contributed by atoms with Gasteiger partial charge >= 0.3 is 0 Å². The summed E-state index contributed by atoms with van der Waals surface area (Å²) < 4.78 is 0. The third-order valence-corrected chi connectivity index (χ3v) is 3.55. The third kappa shape index (κ3) is 4.89. The zero-order valence-electron chi connectivity index (χ0n) is 12.3. The average Bonchev–Trinajstić information content (AvgIpc) is 2.23. The lowest BCUT2D eigenvalue weighted by atomic mass is 9.95. The lowest BCUT2D eigenvalue weighted by molar-refractivity contribution is 0.442. The molecular formula is C16H26ClN. The van der Waals surface area contributed by atoms with Gasteiger partial charge in [0.15, 0.2) is 0 Å². The van der Waals surface area contributed by atoms with Gasteiger partial charge in [-0.25, -0.2) is 0 Å². The maximum absolute atomic E-state index is 6.17. The van der Waals surface area contributed by atoms with Crippen LogP contribution >= 0.6 is 11.6 Å². The van der Waals surface area contributed by atoms with Crippen molar-refractivity contribution in [1.82, 2.24) is 0 Å². The van der Waals surface area contributed by atoms with E-state index in [0.29, 0.717) is 17.9 Å². The van der Waals surface area contributed by atoms with Gasteiger partial charge in [-0.15, -0.1) is 0 Å². The molecule has 1 aromatic carbocycles. The smallest absolute Gasteiger partial charge is 0.0455 e. The molecule has 0 radical (unpaired) electrons. The Hall–Kier alpha value is -0.690. The average molecular weight is 268 g/mol. The lowest BCUT2D eigenvalue weighted by Gasteiger charge is -2.24. The van der Waals surface area contributed by atoms with Crippen LogP contribution in [0.5, 0.6) is 0 Å². The van der Waals surface area contributed by atoms with E-state index >= 15 is 0 Å². The summed E-state index contributed by atoms with van der Waals surface area (Å²) in [6, 6.07) is 6.61. The number of rotatable bonds is 6. The highest BCUT2D eigenvalue weighted by Gasteiger charge is 2.14. The van der Waals surface area contributed by atoms with Gasteiger partial charge in [0.05, 0.1) is 0 Å². The van der Waals surface area contributed by atoms with Crippen LogP contribution in [0, 0.1) is 18.8 Å². The van der Waals surface area contributed by atoms with Crippen molar-refractivity contribution < 1.29 is 0 Å². The number of hydrogen-bond donors (Lipinski definition) is 1. The van der Waals surface area contributed by atoms with E-state index in [4.69, 9.17) is 11.6 Å². The Morgan fingerprint density at radius 2 is 1.61 bits per heavy atom. The maximum atomic E-state index is 6.17. The van der Waals surface area contributed by atoms with Gasteiger partial charge in [0.1, 0.15) is 0 Å². The first kappa shape index (κ1) is 15.4. The molecule has 1 N–H and O–H groups in total. The van der Waals surface area contributed by atoms with Crippen LogP contribution in [0.3, 0.4) is 0 Å². The van der Waals surface area contributed by atoms with Crippen molar-refractivity contribution in [2.75, 3.05) is 5.32 Å². The van der Waals surface area contributed by atoms with Crippen LogP contribution in [0.4, 0.5) is 5.69 Å². The van der Waals surface area contributed by atoms with Gasteiger partial charge in [0, 0.05) is 16.8 Å². The molecule has 0 spiro atoms. The van der Waals surface area contributed by atoms with Crippen LogP contribution in [0.25, 0.3) is 0 Å². The summed E-state index contributed by atoms with van der Waals surface area (Å²) in [5, 5.41) is 4.51. The van der Waals surface area contributed by atoms with E-state index in [1.165, 1.54) is 18.5 Å². The van der Waals surface area contributed by atoms with Gasteiger partial charge in [-0.1, -0.05) is 45.4 Å². The zero-order valence-corrected chi connectivity index (χ0v) is 13.0. The van der Waals surface area contributed by atoms with Crippen molar-refractivity contribution in [1.29, 1.82) is 0 Å². The van der Waals surface area contributed by atoms with Gasteiger partial charge in [0.2, 0.25) is 0 Å². The predicted molar refractivity (Wildman–Crippen MR) is 82.5 cm³/mol. The zero-order chi connectivity index (χ0) is 13.7. The Labute approximate surface area is 117 Å². The second kappa shape index (κ2) is 7.04. The molecule has 0 amide bonds. The summed E-state index contributed by atoms with van der Waals surface area (Å²) in [5.74, 6) is 1.42. The Morgan fingerprint density at radius 3 is 2.11 bits per heavy atom. The van der Waals surface area contributed by atoms with Gasteiger partial charge in [-0.2, -0.15) is 0 Å². The Balaban J connectivity index is 2.78. The van der Waals surface area contributed by atoms with E-state index in [0.717, 1.165) is 10.6 Å². The molecule has 102 valence electrons. The summed E-state index contributed by atoms with van der Waals surface area (Å²) in [7, 11) is 0. The minimum atomic E-state index is 0.530. The molecule has 2 heteroatoms. The van der Waals surface area contributed by atoms with Crippen molar-refractivity contribution >= 4 is 17.3 Å². The van der Waals surface area contributed by atoms with Crippen molar-refractivity contribution in [2.24, 2.45) is 11.8 Å². The van der Waals surface area contributed by atoms with E-state index < -0.39 is 0 Å². The number of halogens is 1. The largest absolute Gasteiger partial charge is 0.382 e. The lowest BCUT2D eigenvalue weighted by Crippen LogP contribution is -2.24. The number of nitrogens with one attached hydrogen (secondary N) is 1. The minimum Gasteiger partial charge on any atom is -0.382 e. The number of benzene rings is 1. The minimum absolute atomic E-state index is 0.530. The molecule has 1 aromatic rings. The summed E-state index contributed by atoms with van der Waals surface area (Å²) in [6.07, 6.45) is 2.40. The molecule has 0 saturated carbocycles. The molecular weight excluding hydrogens is 242 g/mol. The standard InChI is InChI=1S/C16H26ClN/c1-11(2)9-14(10-12(3)4)18-16-8-6-7-15(17)13(16)5/h6-8,11-12,14,18H,9-10H2,1-5H3. The molecule has 1 rings (SSSR count). The second-order valence-electron chi connectivity index (χ2n) is 6.01. The SMILES string of the molecule is Cc1c(Cl)cccc1NC(CC(C)C)CC(C)C. The Kier molecular flexibility index (Phi) is 6.01. The van der Waals surface area contributed by atoms with E-state index in [1.54, 1.807) is 0 Å². The molecule has 0 atom stereocenters. The molecule has 0 aliphatic heterocycles. The van der Waals surface area contributed by atoms with Gasteiger partial charge < -0.3 is 5.32 Å². The van der Waals surface area contributed by atoms with E-state index in [-0.39, 0.29) is 0 Å². The maximum Gasteiger partial charge on any atom is 0.0455 e. The fraction of sp³-hybridized carbons (Fsp3) is 0.625. The van der Waals surface area contributed by atoms with Crippen molar-refractivity contribution in [3.05, 3.63) is 28.8 Å². The van der Waals surface area contributed by atoms with E-state index in [9.17, 15) is 0 Å². The molecule has 0 bridgehead atoms. The first-order chi connectivity index (χ1) is 8.40. The third-order valence-electron chi connectivity index (χ3n) is 3.14. The molecule has 18 heavy (non-hydrogen) atoms. The quantitative estimate of drug-likeness (QED) is 0.715. The molecule has 0 aliphatic rings. The summed E-state index contributed by atoms with van der Waals surface area (Å²) in [4.78, 5) is 0. The summed E-state index contributed by atoms with van der Waals surface area (Å²) in [5.41, 5.74) is 2.32. The molecule has 1 nitrogen and oxygen atoms in total. The molecule has 0 aromatic heterocycles. The van der Waals surface area contributed by atoms with Crippen LogP contribution in [-0.2, 0) is 0 Å². The monoisotopic (exact) mass is 267 g/mol. The van der Waals surface area contributed by atoms with Crippen LogP contribution in [0.15, 0.2) is 18.2 Å². The Bertz CT molecular complexity index is 361. The topological polar surface area (TPSA) is 12.0 Å². The molecule has 0 unspecified atom stereocenters. The highest BCUT2D eigenvalue weighted by atomic mass is 35.5. The number of hydrogen-bond acceptors (Lipinski definition) is 1. The fourth-order valence-corrected chi connectivity index (χ4v) is 2.51. The highest BCUT2D eigenvalue weighted by Crippen LogP contribution is 2.26. The summed E-state index contributed by atoms with van der Waals surface area (Å²) >= 11 is 6.17. The predicted octanol–water partition coefficient (Wildman–Crippen LogP) is 5.52. The van der Waals surface area contributed by atoms with Crippen molar-refractivity contribution in [3.8, 4) is 0 Å². The molecule has 0 saturated heterocycles. The van der Waals surface area contributed by atoms with E-state index in [1.807, 2.05) is 12.1 Å². The molecule has 0 heterocycles. The van der Waals surface area contributed by atoms with Crippen molar-refractivity contribution in [3.63, 3.8) is 0 Å². The van der Waals surface area contributed by atoms with Crippen LogP contribution in [0.1, 0.15) is 46.1 Å². The molecule has 0 fully saturated rings. The van der Waals surface area contributed by atoms with Gasteiger partial charge in [0.25, 0.3) is 0 Å². The fourth-order valence-electron chi connectivity index (χ4n) is 2.34. The molecule has 0 aliphatic carbocycles. The number of anilines is 1. The Morgan fingerprint density at radius 1 is 1.06 bits per heavy atom.